The quantitative estimate of drug-likeness (QED) is 0.231. The summed E-state index contributed by atoms with van der Waals surface area (Å²) < 4.78 is 0. The third-order valence-corrected chi connectivity index (χ3v) is 5.45. The summed E-state index contributed by atoms with van der Waals surface area (Å²) in [7, 11) is 0. The van der Waals surface area contributed by atoms with Gasteiger partial charge in [-0.1, -0.05) is 0 Å². The van der Waals surface area contributed by atoms with Crippen molar-refractivity contribution in [2.24, 2.45) is 4.99 Å². The Morgan fingerprint density at radius 2 is 1.69 bits per heavy atom. The molecule has 2 N–H and O–H groups in total. The van der Waals surface area contributed by atoms with E-state index < -0.39 is 0 Å². The molecule has 1 aliphatic carbocycles. The first kappa shape index (κ1) is 24.0. The molecule has 26 heavy (non-hydrogen) atoms. The highest BCUT2D eigenvalue weighted by atomic mass is 127. The predicted octanol–water partition coefficient (Wildman–Crippen LogP) is 3.30. The Kier molecular flexibility index (Phi) is 11.4. The standard InChI is InChI=1S/C20H41N5.HI/c1-6-21-20(22-12-7-13-25(16(2)3)17(4)5)23-18-10-14-24(15-11-18)19-8-9-19;/h16-19H,6-15H2,1-5H3,(H2,21,22,23);1H. The third kappa shape index (κ3) is 8.30. The Morgan fingerprint density at radius 3 is 2.19 bits per heavy atom. The number of hydrogen-bond acceptors (Lipinski definition) is 3. The molecule has 2 fully saturated rings. The molecule has 1 saturated carbocycles. The van der Waals surface area contributed by atoms with E-state index >= 15 is 0 Å². The topological polar surface area (TPSA) is 42.9 Å². The van der Waals surface area contributed by atoms with Crippen LogP contribution in [0.5, 0.6) is 0 Å². The van der Waals surface area contributed by atoms with Crippen LogP contribution in [0.15, 0.2) is 4.99 Å². The van der Waals surface area contributed by atoms with E-state index in [0.29, 0.717) is 18.1 Å². The number of aliphatic imine (C=N–C) groups is 1. The zero-order chi connectivity index (χ0) is 18.2. The summed E-state index contributed by atoms with van der Waals surface area (Å²) in [6, 6.07) is 2.70. The van der Waals surface area contributed by atoms with Crippen LogP contribution in [-0.4, -0.2) is 72.7 Å². The SMILES string of the molecule is CCNC(=NCCCN(C(C)C)C(C)C)NC1CCN(C2CC2)CC1.I. The van der Waals surface area contributed by atoms with E-state index in [1.165, 1.54) is 38.8 Å². The Bertz CT molecular complexity index is 393. The molecule has 0 atom stereocenters. The maximum atomic E-state index is 4.82. The van der Waals surface area contributed by atoms with Gasteiger partial charge in [-0.2, -0.15) is 0 Å². The van der Waals surface area contributed by atoms with Gasteiger partial charge in [-0.3, -0.25) is 9.89 Å². The van der Waals surface area contributed by atoms with Gasteiger partial charge in [0.25, 0.3) is 0 Å². The third-order valence-electron chi connectivity index (χ3n) is 5.45. The number of piperidine rings is 1. The Labute approximate surface area is 178 Å². The van der Waals surface area contributed by atoms with Gasteiger partial charge in [0.2, 0.25) is 0 Å². The van der Waals surface area contributed by atoms with Crippen molar-refractivity contribution in [3.63, 3.8) is 0 Å². The molecule has 5 nitrogen and oxygen atoms in total. The molecule has 1 aliphatic heterocycles. The van der Waals surface area contributed by atoms with E-state index in [1.807, 2.05) is 0 Å². The molecular weight excluding hydrogens is 437 g/mol. The minimum absolute atomic E-state index is 0. The molecule has 2 aliphatic rings. The zero-order valence-electron chi connectivity index (χ0n) is 17.6. The molecule has 154 valence electrons. The molecule has 0 aromatic rings. The van der Waals surface area contributed by atoms with E-state index in [1.54, 1.807) is 0 Å². The molecule has 0 aromatic carbocycles. The van der Waals surface area contributed by atoms with Gasteiger partial charge in [-0.25, -0.2) is 0 Å². The molecule has 0 radical (unpaired) electrons. The molecule has 1 saturated heterocycles. The predicted molar refractivity (Wildman–Crippen MR) is 124 cm³/mol. The summed E-state index contributed by atoms with van der Waals surface area (Å²) in [6.45, 7) is 16.7. The maximum absolute atomic E-state index is 4.82. The summed E-state index contributed by atoms with van der Waals surface area (Å²) in [6.07, 6.45) is 6.45. The van der Waals surface area contributed by atoms with Crippen LogP contribution in [0.4, 0.5) is 0 Å². The van der Waals surface area contributed by atoms with Crippen LogP contribution < -0.4 is 10.6 Å². The first-order chi connectivity index (χ1) is 12.0. The molecule has 6 heteroatoms. The van der Waals surface area contributed by atoms with Crippen molar-refractivity contribution in [1.29, 1.82) is 0 Å². The Hall–Kier alpha value is -0.0800. The molecule has 0 aromatic heterocycles. The smallest absolute Gasteiger partial charge is 0.191 e. The van der Waals surface area contributed by atoms with E-state index in [-0.39, 0.29) is 24.0 Å². The van der Waals surface area contributed by atoms with Crippen molar-refractivity contribution in [3.05, 3.63) is 0 Å². The fourth-order valence-corrected chi connectivity index (χ4v) is 3.92. The summed E-state index contributed by atoms with van der Waals surface area (Å²) in [4.78, 5) is 10.0. The van der Waals surface area contributed by atoms with Crippen molar-refractivity contribution in [1.82, 2.24) is 20.4 Å². The summed E-state index contributed by atoms with van der Waals surface area (Å²) in [5.74, 6) is 1.01. The Balaban J connectivity index is 0.00000338. The van der Waals surface area contributed by atoms with Crippen LogP contribution in [0.25, 0.3) is 0 Å². The summed E-state index contributed by atoms with van der Waals surface area (Å²) >= 11 is 0. The number of nitrogens with one attached hydrogen (secondary N) is 2. The first-order valence-electron chi connectivity index (χ1n) is 10.6. The Morgan fingerprint density at radius 1 is 1.08 bits per heavy atom. The number of nitrogens with zero attached hydrogens (tertiary/aromatic N) is 3. The number of halogens is 1. The summed E-state index contributed by atoms with van der Waals surface area (Å²) in [5, 5.41) is 7.09. The number of guanidine groups is 1. The molecule has 1 heterocycles. The number of rotatable bonds is 9. The highest BCUT2D eigenvalue weighted by molar-refractivity contribution is 14.0. The van der Waals surface area contributed by atoms with Gasteiger partial charge in [0.15, 0.2) is 5.96 Å². The average molecular weight is 479 g/mol. The van der Waals surface area contributed by atoms with Crippen molar-refractivity contribution >= 4 is 29.9 Å². The van der Waals surface area contributed by atoms with Crippen molar-refractivity contribution in [2.75, 3.05) is 32.7 Å². The van der Waals surface area contributed by atoms with Crippen LogP contribution in [0.3, 0.4) is 0 Å². The van der Waals surface area contributed by atoms with Gasteiger partial charge in [0, 0.05) is 56.9 Å². The molecule has 0 unspecified atom stereocenters. The number of likely N-dealkylation sites (tertiary alicyclic amines) is 1. The molecule has 2 rings (SSSR count). The van der Waals surface area contributed by atoms with Crippen LogP contribution >= 0.6 is 24.0 Å². The highest BCUT2D eigenvalue weighted by Crippen LogP contribution is 2.29. The van der Waals surface area contributed by atoms with E-state index in [0.717, 1.165) is 38.1 Å². The van der Waals surface area contributed by atoms with E-state index in [4.69, 9.17) is 4.99 Å². The van der Waals surface area contributed by atoms with Crippen molar-refractivity contribution < 1.29 is 0 Å². The minimum atomic E-state index is 0. The van der Waals surface area contributed by atoms with E-state index in [2.05, 4.69) is 55.1 Å². The van der Waals surface area contributed by atoms with Gasteiger partial charge in [0.1, 0.15) is 0 Å². The van der Waals surface area contributed by atoms with Crippen molar-refractivity contribution in [2.45, 2.75) is 90.9 Å². The second kappa shape index (κ2) is 12.4. The van der Waals surface area contributed by atoms with Gasteiger partial charge in [0.05, 0.1) is 0 Å². The van der Waals surface area contributed by atoms with Crippen LogP contribution in [0.2, 0.25) is 0 Å². The molecular formula is C20H42IN5. The fourth-order valence-electron chi connectivity index (χ4n) is 3.92. The zero-order valence-corrected chi connectivity index (χ0v) is 20.0. The van der Waals surface area contributed by atoms with Crippen LogP contribution in [0, 0.1) is 0 Å². The molecule has 0 bridgehead atoms. The average Bonchev–Trinajstić information content (AvgIpc) is 3.39. The lowest BCUT2D eigenvalue weighted by atomic mass is 10.1. The normalized spacial score (nSPS) is 19.9. The van der Waals surface area contributed by atoms with Gasteiger partial charge in [-0.15, -0.1) is 24.0 Å². The van der Waals surface area contributed by atoms with E-state index in [9.17, 15) is 0 Å². The van der Waals surface area contributed by atoms with Crippen molar-refractivity contribution in [3.8, 4) is 0 Å². The summed E-state index contributed by atoms with van der Waals surface area (Å²) in [5.41, 5.74) is 0. The largest absolute Gasteiger partial charge is 0.357 e. The second-order valence-electron chi connectivity index (χ2n) is 8.23. The lowest BCUT2D eigenvalue weighted by molar-refractivity contribution is 0.174. The van der Waals surface area contributed by atoms with Gasteiger partial charge < -0.3 is 15.5 Å². The highest BCUT2D eigenvalue weighted by Gasteiger charge is 2.31. The second-order valence-corrected chi connectivity index (χ2v) is 8.23. The monoisotopic (exact) mass is 479 g/mol. The first-order valence-corrected chi connectivity index (χ1v) is 10.6. The van der Waals surface area contributed by atoms with Crippen LogP contribution in [-0.2, 0) is 0 Å². The van der Waals surface area contributed by atoms with Crippen LogP contribution in [0.1, 0.15) is 66.7 Å². The van der Waals surface area contributed by atoms with Gasteiger partial charge >= 0.3 is 0 Å². The van der Waals surface area contributed by atoms with Gasteiger partial charge in [-0.05, 0) is 66.7 Å². The maximum Gasteiger partial charge on any atom is 0.191 e. The molecule has 0 amide bonds. The number of hydrogen-bond donors (Lipinski definition) is 2. The minimum Gasteiger partial charge on any atom is -0.357 e. The lowest BCUT2D eigenvalue weighted by Gasteiger charge is -2.33. The lowest BCUT2D eigenvalue weighted by Crippen LogP contribution is -2.49. The fraction of sp³-hybridized carbons (Fsp3) is 0.950. The molecule has 0 spiro atoms.